The van der Waals surface area contributed by atoms with Gasteiger partial charge in [-0.15, -0.1) is 0 Å². The summed E-state index contributed by atoms with van der Waals surface area (Å²) in [6.45, 7) is 1.38. The lowest BCUT2D eigenvalue weighted by atomic mass is 9.84. The van der Waals surface area contributed by atoms with Crippen LogP contribution in [0.25, 0.3) is 11.3 Å². The molecule has 6 rings (SSSR count). The number of hydrogen-bond acceptors (Lipinski definition) is 5. The second-order valence-corrected chi connectivity index (χ2v) is 11.1. The summed E-state index contributed by atoms with van der Waals surface area (Å²) < 4.78 is 24.3. The van der Waals surface area contributed by atoms with Gasteiger partial charge >= 0.3 is 0 Å². The zero-order valence-electron chi connectivity index (χ0n) is 20.2. The summed E-state index contributed by atoms with van der Waals surface area (Å²) in [6, 6.07) is 15.7. The van der Waals surface area contributed by atoms with Gasteiger partial charge in [0.05, 0.1) is 35.5 Å². The van der Waals surface area contributed by atoms with Crippen LogP contribution in [0.3, 0.4) is 0 Å². The normalized spacial score (nSPS) is 25.4. The number of hydrogen-bond donors (Lipinski definition) is 0. The number of benzene rings is 2. The van der Waals surface area contributed by atoms with E-state index in [0.717, 1.165) is 48.1 Å². The minimum absolute atomic E-state index is 0.198. The topological polar surface area (TPSA) is 53.7 Å². The molecule has 0 saturated heterocycles. The van der Waals surface area contributed by atoms with Crippen LogP contribution in [0.5, 0.6) is 0 Å². The second kappa shape index (κ2) is 10.8. The SMILES string of the molecule is Clc1cccc(Cl)c1-c1noc(C2CC2)c1COC1CC2CCC(C1)C2OCOCc1ccccc1. The standard InChI is InChI=1S/C29H31Cl2NO4/c30-24-7-4-8-25(31)26(24)27-23(29(36-32-27)19-9-10-19)16-34-22-13-20-11-12-21(14-22)28(20)35-17-33-15-18-5-2-1-3-6-18/h1-8,19-22,28H,9-17H2. The van der Waals surface area contributed by atoms with Gasteiger partial charge in [-0.25, -0.2) is 0 Å². The molecule has 3 aliphatic carbocycles. The van der Waals surface area contributed by atoms with Crippen LogP contribution in [0.4, 0.5) is 0 Å². The van der Waals surface area contributed by atoms with Crippen LogP contribution in [0.2, 0.25) is 10.0 Å². The molecule has 1 heterocycles. The van der Waals surface area contributed by atoms with Crippen molar-refractivity contribution in [1.82, 2.24) is 5.16 Å². The molecule has 36 heavy (non-hydrogen) atoms. The van der Waals surface area contributed by atoms with Gasteiger partial charge in [-0.05, 0) is 68.1 Å². The predicted molar refractivity (Wildman–Crippen MR) is 139 cm³/mol. The van der Waals surface area contributed by atoms with Crippen LogP contribution < -0.4 is 0 Å². The first-order valence-electron chi connectivity index (χ1n) is 12.9. The van der Waals surface area contributed by atoms with Crippen molar-refractivity contribution in [3.63, 3.8) is 0 Å². The van der Waals surface area contributed by atoms with Gasteiger partial charge in [-0.1, -0.05) is 64.8 Å². The highest BCUT2D eigenvalue weighted by atomic mass is 35.5. The van der Waals surface area contributed by atoms with Gasteiger partial charge in [0.2, 0.25) is 0 Å². The quantitative estimate of drug-likeness (QED) is 0.199. The van der Waals surface area contributed by atoms with E-state index in [2.05, 4.69) is 17.3 Å². The average Bonchev–Trinajstić information content (AvgIpc) is 3.60. The molecule has 7 heteroatoms. The third-order valence-electron chi connectivity index (χ3n) is 7.85. The molecule has 0 spiro atoms. The fourth-order valence-corrected chi connectivity index (χ4v) is 6.51. The van der Waals surface area contributed by atoms with Gasteiger partial charge in [0, 0.05) is 17.0 Å². The first-order valence-corrected chi connectivity index (χ1v) is 13.7. The van der Waals surface area contributed by atoms with Gasteiger partial charge in [-0.2, -0.15) is 0 Å². The van der Waals surface area contributed by atoms with Crippen LogP contribution >= 0.6 is 23.2 Å². The molecule has 0 aliphatic heterocycles. The maximum absolute atomic E-state index is 6.53. The van der Waals surface area contributed by atoms with E-state index in [-0.39, 0.29) is 12.2 Å². The molecule has 3 aliphatic rings. The maximum Gasteiger partial charge on any atom is 0.147 e. The third kappa shape index (κ3) is 5.23. The van der Waals surface area contributed by atoms with E-state index >= 15 is 0 Å². The summed E-state index contributed by atoms with van der Waals surface area (Å²) in [4.78, 5) is 0. The molecule has 2 bridgehead atoms. The highest BCUT2D eigenvalue weighted by Gasteiger charge is 2.44. The van der Waals surface area contributed by atoms with Gasteiger partial charge in [-0.3, -0.25) is 0 Å². The van der Waals surface area contributed by atoms with Crippen molar-refractivity contribution < 1.29 is 18.7 Å². The Morgan fingerprint density at radius 2 is 1.56 bits per heavy atom. The number of fused-ring (bicyclic) bond motifs is 2. The zero-order valence-corrected chi connectivity index (χ0v) is 21.7. The highest BCUT2D eigenvalue weighted by molar-refractivity contribution is 6.39. The summed E-state index contributed by atoms with van der Waals surface area (Å²) in [5, 5.41) is 5.54. The van der Waals surface area contributed by atoms with Crippen molar-refractivity contribution in [1.29, 1.82) is 0 Å². The summed E-state index contributed by atoms with van der Waals surface area (Å²) in [7, 11) is 0. The van der Waals surface area contributed by atoms with Crippen molar-refractivity contribution in [2.45, 2.75) is 69.9 Å². The molecule has 2 atom stereocenters. The molecule has 3 aromatic rings. The van der Waals surface area contributed by atoms with Crippen LogP contribution in [-0.2, 0) is 27.4 Å². The minimum Gasteiger partial charge on any atom is -0.373 e. The Labute approximate surface area is 222 Å². The van der Waals surface area contributed by atoms with Gasteiger partial charge in [0.25, 0.3) is 0 Å². The average molecular weight is 528 g/mol. The van der Waals surface area contributed by atoms with E-state index < -0.39 is 0 Å². The van der Waals surface area contributed by atoms with Gasteiger partial charge in [0.15, 0.2) is 0 Å². The summed E-state index contributed by atoms with van der Waals surface area (Å²) in [5.41, 5.74) is 3.59. The minimum atomic E-state index is 0.198. The number of halogens is 2. The van der Waals surface area contributed by atoms with E-state index in [0.29, 0.717) is 53.5 Å². The summed E-state index contributed by atoms with van der Waals surface area (Å²) >= 11 is 13.0. The molecule has 3 fully saturated rings. The lowest BCUT2D eigenvalue weighted by Gasteiger charge is -2.35. The molecule has 2 aromatic carbocycles. The lowest BCUT2D eigenvalue weighted by molar-refractivity contribution is -0.142. The first kappa shape index (κ1) is 24.4. The van der Waals surface area contributed by atoms with Crippen LogP contribution in [-0.4, -0.2) is 24.2 Å². The van der Waals surface area contributed by atoms with Crippen LogP contribution in [0.15, 0.2) is 53.1 Å². The summed E-state index contributed by atoms with van der Waals surface area (Å²) in [5.74, 6) is 2.37. The van der Waals surface area contributed by atoms with Crippen LogP contribution in [0.1, 0.15) is 61.3 Å². The van der Waals surface area contributed by atoms with Gasteiger partial charge in [0.1, 0.15) is 18.2 Å². The van der Waals surface area contributed by atoms with E-state index in [9.17, 15) is 0 Å². The number of ether oxygens (including phenoxy) is 3. The predicted octanol–water partition coefficient (Wildman–Crippen LogP) is 7.79. The molecular weight excluding hydrogens is 497 g/mol. The maximum atomic E-state index is 6.53. The second-order valence-electron chi connectivity index (χ2n) is 10.3. The van der Waals surface area contributed by atoms with Crippen molar-refractivity contribution >= 4 is 23.2 Å². The molecule has 1 aromatic heterocycles. The Morgan fingerprint density at radius 1 is 0.833 bits per heavy atom. The Hall–Kier alpha value is -1.89. The van der Waals surface area contributed by atoms with Crippen molar-refractivity contribution in [3.05, 3.63) is 75.5 Å². The Kier molecular flexibility index (Phi) is 7.36. The Morgan fingerprint density at radius 3 is 2.25 bits per heavy atom. The molecule has 2 unspecified atom stereocenters. The molecule has 0 amide bonds. The first-order chi connectivity index (χ1) is 17.7. The molecule has 0 radical (unpaired) electrons. The molecule has 3 saturated carbocycles. The molecular formula is C29H31Cl2NO4. The number of aromatic nitrogens is 1. The Balaban J connectivity index is 1.07. The van der Waals surface area contributed by atoms with E-state index in [1.54, 1.807) is 0 Å². The highest BCUT2D eigenvalue weighted by Crippen LogP contribution is 2.48. The number of rotatable bonds is 10. The molecule has 190 valence electrons. The van der Waals surface area contributed by atoms with Crippen molar-refractivity contribution in [2.75, 3.05) is 6.79 Å². The number of nitrogens with zero attached hydrogens (tertiary/aromatic N) is 1. The van der Waals surface area contributed by atoms with Crippen molar-refractivity contribution in [3.8, 4) is 11.3 Å². The summed E-state index contributed by atoms with van der Waals surface area (Å²) in [6.07, 6.45) is 7.09. The van der Waals surface area contributed by atoms with Crippen molar-refractivity contribution in [2.24, 2.45) is 11.8 Å². The smallest absolute Gasteiger partial charge is 0.147 e. The van der Waals surface area contributed by atoms with E-state index in [1.165, 1.54) is 12.8 Å². The zero-order chi connectivity index (χ0) is 24.5. The van der Waals surface area contributed by atoms with E-state index in [1.807, 2.05) is 36.4 Å². The van der Waals surface area contributed by atoms with Gasteiger partial charge < -0.3 is 18.7 Å². The van der Waals surface area contributed by atoms with E-state index in [4.69, 9.17) is 41.9 Å². The fraction of sp³-hybridized carbons (Fsp3) is 0.483. The fourth-order valence-electron chi connectivity index (χ4n) is 5.94. The van der Waals surface area contributed by atoms with Crippen LogP contribution in [0, 0.1) is 11.8 Å². The largest absolute Gasteiger partial charge is 0.373 e. The molecule has 5 nitrogen and oxygen atoms in total. The Bertz CT molecular complexity index is 1150. The molecule has 0 N–H and O–H groups in total. The lowest BCUT2D eigenvalue weighted by Crippen LogP contribution is -2.37. The monoisotopic (exact) mass is 527 g/mol. The third-order valence-corrected chi connectivity index (χ3v) is 8.48.